The van der Waals surface area contributed by atoms with E-state index < -0.39 is 7.45 Å². The van der Waals surface area contributed by atoms with Gasteiger partial charge in [-0.15, -0.1) is 14.0 Å². The van der Waals surface area contributed by atoms with Gasteiger partial charge in [-0.25, -0.2) is 4.45 Å². The third-order valence-corrected chi connectivity index (χ3v) is 12.2. The van der Waals surface area contributed by atoms with Gasteiger partial charge in [0.15, 0.2) is 11.5 Å². The minimum atomic E-state index is -0.684. The Kier molecular flexibility index (Phi) is 5.81. The fraction of sp³-hybridized carbons (Fsp3) is 0.556. The van der Waals surface area contributed by atoms with Crippen LogP contribution >= 0.6 is 33.3 Å². The van der Waals surface area contributed by atoms with Gasteiger partial charge < -0.3 is 10.2 Å². The van der Waals surface area contributed by atoms with Crippen molar-refractivity contribution in [3.05, 3.63) is 5.69 Å². The first-order chi connectivity index (χ1) is 9.58. The van der Waals surface area contributed by atoms with Gasteiger partial charge in [-0.1, -0.05) is 27.5 Å². The fourth-order valence-corrected chi connectivity index (χ4v) is 4.70. The van der Waals surface area contributed by atoms with E-state index in [1.165, 1.54) is 0 Å². The van der Waals surface area contributed by atoms with E-state index in [0.29, 0.717) is 20.2 Å². The summed E-state index contributed by atoms with van der Waals surface area (Å²) in [6.07, 6.45) is 1.84. The second-order valence-electron chi connectivity index (χ2n) is 4.28. The first-order valence-electron chi connectivity index (χ1n) is 6.14. The summed E-state index contributed by atoms with van der Waals surface area (Å²) in [6.45, 7) is 2.70. The van der Waals surface area contributed by atoms with Gasteiger partial charge in [-0.05, 0) is 14.4 Å². The summed E-state index contributed by atoms with van der Waals surface area (Å²) in [7, 11) is 5.21. The van der Waals surface area contributed by atoms with Gasteiger partial charge >= 0.3 is 0 Å². The number of aromatic nitrogens is 3. The van der Waals surface area contributed by atoms with Gasteiger partial charge in [0.1, 0.15) is 6.54 Å². The Hall–Kier alpha value is -0.200. The molecule has 1 N–H and O–H groups in total. The average Bonchev–Trinajstić information content (AvgIpc) is 2.80. The number of nitrogens with one attached hydrogen (secondary N) is 1. The lowest BCUT2D eigenvalue weighted by Gasteiger charge is -2.20. The van der Waals surface area contributed by atoms with Gasteiger partial charge in [-0.3, -0.25) is 9.59 Å². The lowest BCUT2D eigenvalue weighted by molar-refractivity contribution is -0.116. The monoisotopic (exact) mass is 351 g/mol. The van der Waals surface area contributed by atoms with Crippen LogP contribution in [0, 0.1) is 0 Å². The Morgan fingerprint density at radius 2 is 2.25 bits per heavy atom. The molecule has 7 nitrogen and oxygen atoms in total. The lowest BCUT2D eigenvalue weighted by Crippen LogP contribution is -2.36. The van der Waals surface area contributed by atoms with E-state index in [-0.39, 0.29) is 24.2 Å². The van der Waals surface area contributed by atoms with Crippen LogP contribution in [0.15, 0.2) is 0 Å². The molecule has 0 radical (unpaired) electrons. The molecule has 2 rings (SSSR count). The number of nitrogens with zero attached hydrogens (tertiary/aromatic N) is 4. The molecule has 2 amide bonds. The molecule has 110 valence electrons. The van der Waals surface area contributed by atoms with Crippen molar-refractivity contribution in [3.63, 3.8) is 0 Å². The molecule has 4 atom stereocenters. The van der Waals surface area contributed by atoms with Crippen LogP contribution < -0.4 is 5.32 Å². The van der Waals surface area contributed by atoms with E-state index in [1.807, 2.05) is 0 Å². The molecular weight excluding hydrogens is 334 g/mol. The maximum atomic E-state index is 12.6. The zero-order valence-electron chi connectivity index (χ0n) is 11.0. The summed E-state index contributed by atoms with van der Waals surface area (Å²) < 4.78 is 1.63. The summed E-state index contributed by atoms with van der Waals surface area (Å²) in [6, 6.07) is 0. The molecule has 0 aliphatic carbocycles. The topological polar surface area (TPSA) is 80.1 Å². The van der Waals surface area contributed by atoms with Crippen LogP contribution in [-0.4, -0.2) is 44.6 Å². The molecule has 1 aromatic heterocycles. The molecule has 0 saturated carbocycles. The fourth-order valence-electron chi connectivity index (χ4n) is 1.85. The molecule has 11 heteroatoms. The normalized spacial score (nSPS) is 17.2. The van der Waals surface area contributed by atoms with E-state index in [9.17, 15) is 9.59 Å². The number of unbranched alkanes of at least 4 members (excludes halogenated alkanes) is 1. The molecule has 2 heterocycles. The first-order valence-corrected chi connectivity index (χ1v) is 12.7. The number of hydrogen-bond acceptors (Lipinski definition) is 4. The Bertz CT molecular complexity index is 522. The molecule has 0 bridgehead atoms. The van der Waals surface area contributed by atoms with Gasteiger partial charge in [0.05, 0.1) is 7.45 Å². The van der Waals surface area contributed by atoms with E-state index in [4.69, 9.17) is 0 Å². The number of fused-ring (bicyclic) bond motifs is 1. The smallest absolute Gasteiger partial charge is 0.276 e. The highest BCUT2D eigenvalue weighted by atomic mass is 32.6. The van der Waals surface area contributed by atoms with Crippen molar-refractivity contribution in [3.8, 4) is 0 Å². The van der Waals surface area contributed by atoms with Crippen LogP contribution in [0.5, 0.6) is 0 Å². The molecular formula is C9H17N5O2P4. The van der Waals surface area contributed by atoms with Crippen LogP contribution in [0.1, 0.15) is 30.3 Å². The Balaban J connectivity index is 2.37. The molecule has 20 heavy (non-hydrogen) atoms. The summed E-state index contributed by atoms with van der Waals surface area (Å²) in [4.78, 5) is 26.0. The van der Waals surface area contributed by atoms with Crippen LogP contribution in [0.2, 0.25) is 0 Å². The Morgan fingerprint density at radius 3 is 2.90 bits per heavy atom. The number of carbonyl (C=O) groups is 2. The van der Waals surface area contributed by atoms with Crippen LogP contribution in [0.4, 0.5) is 5.82 Å². The SMILES string of the molecule is CCCCN1CC(=O)Nc2nnn(P(P)PP)c2C1=O. The minimum absolute atomic E-state index is 0.0765. The van der Waals surface area contributed by atoms with E-state index in [2.05, 4.69) is 40.4 Å². The quantitative estimate of drug-likeness (QED) is 0.822. The van der Waals surface area contributed by atoms with Crippen LogP contribution in [-0.2, 0) is 4.79 Å². The van der Waals surface area contributed by atoms with Crippen molar-refractivity contribution >= 4 is 50.9 Å². The molecule has 1 aromatic rings. The maximum Gasteiger partial charge on any atom is 0.276 e. The number of carbonyl (C=O) groups excluding carboxylic acids is 2. The minimum Gasteiger partial charge on any atom is -0.328 e. The number of anilines is 1. The van der Waals surface area contributed by atoms with Crippen molar-refractivity contribution in [2.45, 2.75) is 19.8 Å². The second-order valence-corrected chi connectivity index (χ2v) is 13.1. The predicted octanol–water partition coefficient (Wildman–Crippen LogP) is 1.89. The lowest BCUT2D eigenvalue weighted by atomic mass is 10.3. The average molecular weight is 351 g/mol. The predicted molar refractivity (Wildman–Crippen MR) is 89.5 cm³/mol. The molecule has 0 aromatic carbocycles. The highest BCUT2D eigenvalue weighted by Gasteiger charge is 2.32. The largest absolute Gasteiger partial charge is 0.328 e. The highest BCUT2D eigenvalue weighted by molar-refractivity contribution is 8.60. The number of rotatable bonds is 5. The molecule has 1 aliphatic heterocycles. The number of hydrogen-bond donors (Lipinski definition) is 1. The maximum absolute atomic E-state index is 12.6. The molecule has 0 saturated heterocycles. The third kappa shape index (κ3) is 3.34. The zero-order chi connectivity index (χ0) is 14.7. The van der Waals surface area contributed by atoms with Crippen molar-refractivity contribution in [1.82, 2.24) is 19.7 Å². The van der Waals surface area contributed by atoms with Crippen LogP contribution in [0.25, 0.3) is 0 Å². The zero-order valence-corrected chi connectivity index (χ0v) is 15.2. The van der Waals surface area contributed by atoms with Crippen molar-refractivity contribution in [1.29, 1.82) is 0 Å². The van der Waals surface area contributed by atoms with Gasteiger partial charge in [0.2, 0.25) is 5.91 Å². The molecule has 4 unspecified atom stereocenters. The summed E-state index contributed by atoms with van der Waals surface area (Å²) in [5.74, 6) is -0.117. The van der Waals surface area contributed by atoms with E-state index in [0.717, 1.165) is 12.8 Å². The highest BCUT2D eigenvalue weighted by Crippen LogP contribution is 2.66. The van der Waals surface area contributed by atoms with Gasteiger partial charge in [0, 0.05) is 6.54 Å². The second kappa shape index (κ2) is 7.18. The van der Waals surface area contributed by atoms with E-state index in [1.54, 1.807) is 9.35 Å². The van der Waals surface area contributed by atoms with Crippen molar-refractivity contribution < 1.29 is 9.59 Å². The molecule has 1 aliphatic rings. The van der Waals surface area contributed by atoms with Crippen molar-refractivity contribution in [2.75, 3.05) is 18.4 Å². The third-order valence-electron chi connectivity index (χ3n) is 2.85. The van der Waals surface area contributed by atoms with Crippen LogP contribution in [0.3, 0.4) is 0 Å². The van der Waals surface area contributed by atoms with E-state index >= 15 is 0 Å². The van der Waals surface area contributed by atoms with Gasteiger partial charge in [-0.2, -0.15) is 0 Å². The van der Waals surface area contributed by atoms with Gasteiger partial charge in [0.25, 0.3) is 5.91 Å². The molecule has 0 spiro atoms. The summed E-state index contributed by atoms with van der Waals surface area (Å²) >= 11 is 0. The summed E-state index contributed by atoms with van der Waals surface area (Å²) in [5.41, 5.74) is 0.392. The van der Waals surface area contributed by atoms with Crippen molar-refractivity contribution in [2.24, 2.45) is 0 Å². The Morgan fingerprint density at radius 1 is 1.50 bits per heavy atom. The molecule has 0 fully saturated rings. The summed E-state index contributed by atoms with van der Waals surface area (Å²) in [5, 5.41) is 10.6. The Labute approximate surface area is 124 Å². The number of amides is 2. The standard InChI is InChI=1S/C9H17N5O2P4/c1-2-3-4-13-5-6(15)10-8-7(9(13)16)14(12-11-8)20(18)19-17/h19H,2-5,17-18H2,1H3,(H,10,15). The first kappa shape index (κ1) is 16.2.